The molecule has 2 heterocycles. The topological polar surface area (TPSA) is 91.6 Å². The highest BCUT2D eigenvalue weighted by Crippen LogP contribution is 2.15. The summed E-state index contributed by atoms with van der Waals surface area (Å²) in [7, 11) is -3.66. The number of halogens is 1. The summed E-state index contributed by atoms with van der Waals surface area (Å²) in [5, 5.41) is 3.03. The molecule has 3 aromatic rings. The standard InChI is InChI=1S/C26H28FN3O4S/c27-22-8-3-21(4-9-22)19-30-15-13-23(14-16-30)29-26(31)12-7-20-5-10-25(11-6-20)35(32,33)28-18-24-2-1-17-34-24/h1-12,17,23,28H,13-16,18-19H2,(H,29,31)/b12-7+. The maximum atomic E-state index is 13.1. The van der Waals surface area contributed by atoms with E-state index in [9.17, 15) is 17.6 Å². The van der Waals surface area contributed by atoms with E-state index in [1.807, 2.05) is 0 Å². The number of likely N-dealkylation sites (tertiary alicyclic amines) is 1. The van der Waals surface area contributed by atoms with Crippen molar-refractivity contribution >= 4 is 22.0 Å². The van der Waals surface area contributed by atoms with Crippen molar-refractivity contribution in [1.29, 1.82) is 0 Å². The van der Waals surface area contributed by atoms with Crippen LogP contribution in [0.1, 0.15) is 29.7 Å². The minimum Gasteiger partial charge on any atom is -0.468 e. The van der Waals surface area contributed by atoms with Crippen LogP contribution < -0.4 is 10.0 Å². The van der Waals surface area contributed by atoms with Gasteiger partial charge >= 0.3 is 0 Å². The fourth-order valence-corrected chi connectivity index (χ4v) is 4.92. The first-order valence-electron chi connectivity index (χ1n) is 11.4. The fourth-order valence-electron chi connectivity index (χ4n) is 3.93. The number of sulfonamides is 1. The number of carbonyl (C=O) groups is 1. The summed E-state index contributed by atoms with van der Waals surface area (Å²) in [6.07, 6.45) is 6.30. The van der Waals surface area contributed by atoms with Gasteiger partial charge in [0.25, 0.3) is 0 Å². The second-order valence-electron chi connectivity index (χ2n) is 8.49. The molecule has 35 heavy (non-hydrogen) atoms. The maximum absolute atomic E-state index is 13.1. The van der Waals surface area contributed by atoms with Crippen LogP contribution in [-0.2, 0) is 27.9 Å². The Balaban J connectivity index is 1.22. The van der Waals surface area contributed by atoms with Crippen molar-refractivity contribution in [2.24, 2.45) is 0 Å². The lowest BCUT2D eigenvalue weighted by Crippen LogP contribution is -2.43. The van der Waals surface area contributed by atoms with Crippen LogP contribution in [0, 0.1) is 5.82 Å². The number of furan rings is 1. The Morgan fingerprint density at radius 2 is 1.77 bits per heavy atom. The van der Waals surface area contributed by atoms with Crippen LogP contribution in [0.3, 0.4) is 0 Å². The largest absolute Gasteiger partial charge is 0.468 e. The Bertz CT molecular complexity index is 1230. The first-order chi connectivity index (χ1) is 16.9. The molecule has 9 heteroatoms. The number of carbonyl (C=O) groups excluding carboxylic acids is 1. The predicted molar refractivity (Wildman–Crippen MR) is 131 cm³/mol. The van der Waals surface area contributed by atoms with Crippen molar-refractivity contribution in [3.8, 4) is 0 Å². The lowest BCUT2D eigenvalue weighted by Gasteiger charge is -2.32. The van der Waals surface area contributed by atoms with E-state index in [0.717, 1.165) is 43.6 Å². The molecule has 2 N–H and O–H groups in total. The predicted octanol–water partition coefficient (Wildman–Crippen LogP) is 3.69. The summed E-state index contributed by atoms with van der Waals surface area (Å²) >= 11 is 0. The summed E-state index contributed by atoms with van der Waals surface area (Å²) in [6.45, 7) is 2.55. The third kappa shape index (κ3) is 7.35. The van der Waals surface area contributed by atoms with Gasteiger partial charge in [0, 0.05) is 31.8 Å². The van der Waals surface area contributed by atoms with Gasteiger partial charge in [-0.2, -0.15) is 0 Å². The van der Waals surface area contributed by atoms with Gasteiger partial charge in [0.05, 0.1) is 17.7 Å². The first-order valence-corrected chi connectivity index (χ1v) is 12.9. The zero-order valence-electron chi connectivity index (χ0n) is 19.2. The molecular weight excluding hydrogens is 469 g/mol. The van der Waals surface area contributed by atoms with E-state index in [1.165, 1.54) is 36.6 Å². The van der Waals surface area contributed by atoms with Gasteiger partial charge in [0.15, 0.2) is 0 Å². The molecule has 0 radical (unpaired) electrons. The number of amides is 1. The van der Waals surface area contributed by atoms with Gasteiger partial charge in [-0.05, 0) is 66.4 Å². The van der Waals surface area contributed by atoms with Crippen LogP contribution in [0.15, 0.2) is 82.3 Å². The Kier molecular flexibility index (Phi) is 8.12. The lowest BCUT2D eigenvalue weighted by molar-refractivity contribution is -0.117. The zero-order valence-corrected chi connectivity index (χ0v) is 20.0. The first kappa shape index (κ1) is 24.8. The molecular formula is C26H28FN3O4S. The van der Waals surface area contributed by atoms with Gasteiger partial charge in [0.2, 0.25) is 15.9 Å². The van der Waals surface area contributed by atoms with E-state index >= 15 is 0 Å². The quantitative estimate of drug-likeness (QED) is 0.440. The summed E-state index contributed by atoms with van der Waals surface area (Å²) in [5.74, 6) is 0.110. The monoisotopic (exact) mass is 497 g/mol. The average Bonchev–Trinajstić information content (AvgIpc) is 3.38. The number of piperidine rings is 1. The van der Waals surface area contributed by atoms with Crippen LogP contribution in [0.25, 0.3) is 6.08 Å². The highest BCUT2D eigenvalue weighted by Gasteiger charge is 2.20. The molecule has 1 saturated heterocycles. The van der Waals surface area contributed by atoms with Gasteiger partial charge in [-0.25, -0.2) is 17.5 Å². The molecule has 1 fully saturated rings. The van der Waals surface area contributed by atoms with Crippen molar-refractivity contribution < 1.29 is 22.0 Å². The van der Waals surface area contributed by atoms with E-state index in [-0.39, 0.29) is 29.2 Å². The molecule has 7 nitrogen and oxygen atoms in total. The van der Waals surface area contributed by atoms with Gasteiger partial charge in [-0.15, -0.1) is 0 Å². The van der Waals surface area contributed by atoms with Crippen molar-refractivity contribution in [2.45, 2.75) is 36.9 Å². The van der Waals surface area contributed by atoms with Crippen LogP contribution in [0.4, 0.5) is 4.39 Å². The normalized spacial score (nSPS) is 15.5. The number of benzene rings is 2. The van der Waals surface area contributed by atoms with Gasteiger partial charge in [-0.3, -0.25) is 9.69 Å². The van der Waals surface area contributed by atoms with E-state index < -0.39 is 10.0 Å². The Morgan fingerprint density at radius 1 is 1.06 bits per heavy atom. The number of hydrogen-bond acceptors (Lipinski definition) is 5. The third-order valence-electron chi connectivity index (χ3n) is 5.89. The molecule has 2 aromatic carbocycles. The summed E-state index contributed by atoms with van der Waals surface area (Å²) < 4.78 is 45.5. The van der Waals surface area contributed by atoms with Crippen LogP contribution in [0.5, 0.6) is 0 Å². The molecule has 4 rings (SSSR count). The van der Waals surface area contributed by atoms with Crippen molar-refractivity contribution in [3.05, 3.63) is 95.7 Å². The maximum Gasteiger partial charge on any atom is 0.244 e. The summed E-state index contributed by atoms with van der Waals surface area (Å²) in [4.78, 5) is 14.8. The summed E-state index contributed by atoms with van der Waals surface area (Å²) in [6, 6.07) is 16.3. The fraction of sp³-hybridized carbons (Fsp3) is 0.269. The number of rotatable bonds is 9. The van der Waals surface area contributed by atoms with Crippen molar-refractivity contribution in [2.75, 3.05) is 13.1 Å². The number of nitrogens with zero attached hydrogens (tertiary/aromatic N) is 1. The van der Waals surface area contributed by atoms with Crippen molar-refractivity contribution in [1.82, 2.24) is 14.9 Å². The Hall–Kier alpha value is -3.27. The SMILES string of the molecule is O=C(/C=C/c1ccc(S(=O)(=O)NCc2ccco2)cc1)NC1CCN(Cc2ccc(F)cc2)CC1. The molecule has 0 atom stereocenters. The second kappa shape index (κ2) is 11.4. The molecule has 1 aromatic heterocycles. The molecule has 0 saturated carbocycles. The van der Waals surface area contributed by atoms with E-state index in [2.05, 4.69) is 14.9 Å². The smallest absolute Gasteiger partial charge is 0.244 e. The van der Waals surface area contributed by atoms with E-state index in [4.69, 9.17) is 4.42 Å². The highest BCUT2D eigenvalue weighted by molar-refractivity contribution is 7.89. The summed E-state index contributed by atoms with van der Waals surface area (Å²) in [5.41, 5.74) is 1.79. The number of hydrogen-bond donors (Lipinski definition) is 2. The van der Waals surface area contributed by atoms with Gasteiger partial charge in [-0.1, -0.05) is 24.3 Å². The highest BCUT2D eigenvalue weighted by atomic mass is 32.2. The molecule has 1 aliphatic heterocycles. The molecule has 0 aliphatic carbocycles. The molecule has 0 unspecified atom stereocenters. The van der Waals surface area contributed by atoms with Gasteiger partial charge < -0.3 is 9.73 Å². The minimum atomic E-state index is -3.66. The molecule has 184 valence electrons. The van der Waals surface area contributed by atoms with Gasteiger partial charge in [0.1, 0.15) is 11.6 Å². The van der Waals surface area contributed by atoms with Crippen molar-refractivity contribution in [3.63, 3.8) is 0 Å². The van der Waals surface area contributed by atoms with Crippen LogP contribution in [-0.4, -0.2) is 38.4 Å². The lowest BCUT2D eigenvalue weighted by atomic mass is 10.0. The van der Waals surface area contributed by atoms with Crippen LogP contribution >= 0.6 is 0 Å². The molecule has 1 amide bonds. The molecule has 1 aliphatic rings. The van der Waals surface area contributed by atoms with Crippen LogP contribution in [0.2, 0.25) is 0 Å². The average molecular weight is 498 g/mol. The third-order valence-corrected chi connectivity index (χ3v) is 7.30. The van der Waals surface area contributed by atoms with E-state index in [1.54, 1.807) is 42.5 Å². The Labute approximate surface area is 204 Å². The zero-order chi connectivity index (χ0) is 24.7. The number of nitrogens with one attached hydrogen (secondary N) is 2. The molecule has 0 spiro atoms. The second-order valence-corrected chi connectivity index (χ2v) is 10.3. The Morgan fingerprint density at radius 3 is 2.43 bits per heavy atom. The minimum absolute atomic E-state index is 0.0717. The van der Waals surface area contributed by atoms with E-state index in [0.29, 0.717) is 5.76 Å². The molecule has 0 bridgehead atoms.